The van der Waals surface area contributed by atoms with Crippen molar-refractivity contribution in [3.63, 3.8) is 0 Å². The van der Waals surface area contributed by atoms with Crippen molar-refractivity contribution in [2.24, 2.45) is 0 Å². The zero-order valence-electron chi connectivity index (χ0n) is 11.7. The van der Waals surface area contributed by atoms with Crippen molar-refractivity contribution >= 4 is 10.0 Å². The fourth-order valence-corrected chi connectivity index (χ4v) is 3.35. The number of hydrogen-bond donors (Lipinski definition) is 1. The fourth-order valence-electron chi connectivity index (χ4n) is 2.05. The third-order valence-electron chi connectivity index (χ3n) is 3.24. The summed E-state index contributed by atoms with van der Waals surface area (Å²) in [5, 5.41) is 0. The van der Waals surface area contributed by atoms with Gasteiger partial charge in [-0.3, -0.25) is 0 Å². The SMILES string of the molecule is CC[C@H](NS(=O)(=O)c1ccc(C)cc1)c1ccccc1. The van der Waals surface area contributed by atoms with Crippen molar-refractivity contribution in [2.45, 2.75) is 31.2 Å². The van der Waals surface area contributed by atoms with Crippen molar-refractivity contribution in [3.05, 3.63) is 65.7 Å². The summed E-state index contributed by atoms with van der Waals surface area (Å²) >= 11 is 0. The lowest BCUT2D eigenvalue weighted by Gasteiger charge is -2.17. The number of aryl methyl sites for hydroxylation is 1. The maximum Gasteiger partial charge on any atom is 0.241 e. The van der Waals surface area contributed by atoms with Gasteiger partial charge in [0.05, 0.1) is 4.90 Å². The highest BCUT2D eigenvalue weighted by atomic mass is 32.2. The summed E-state index contributed by atoms with van der Waals surface area (Å²) in [7, 11) is -3.49. The van der Waals surface area contributed by atoms with Gasteiger partial charge in [0.15, 0.2) is 0 Å². The van der Waals surface area contributed by atoms with Crippen molar-refractivity contribution in [1.29, 1.82) is 0 Å². The topological polar surface area (TPSA) is 46.2 Å². The van der Waals surface area contributed by atoms with E-state index in [0.717, 1.165) is 11.1 Å². The Hall–Kier alpha value is -1.65. The first kappa shape index (κ1) is 14.8. The van der Waals surface area contributed by atoms with Gasteiger partial charge in [-0.1, -0.05) is 55.0 Å². The van der Waals surface area contributed by atoms with Gasteiger partial charge >= 0.3 is 0 Å². The van der Waals surface area contributed by atoms with Gasteiger partial charge in [-0.15, -0.1) is 0 Å². The van der Waals surface area contributed by atoms with Gasteiger partial charge in [-0.2, -0.15) is 0 Å². The Morgan fingerprint density at radius 3 is 2.15 bits per heavy atom. The molecular formula is C16H19NO2S. The highest BCUT2D eigenvalue weighted by Gasteiger charge is 2.19. The molecule has 0 saturated carbocycles. The molecule has 0 unspecified atom stereocenters. The van der Waals surface area contributed by atoms with Gasteiger partial charge in [-0.25, -0.2) is 13.1 Å². The van der Waals surface area contributed by atoms with Crippen LogP contribution in [0.1, 0.15) is 30.5 Å². The molecule has 106 valence electrons. The maximum atomic E-state index is 12.4. The molecule has 0 spiro atoms. The minimum atomic E-state index is -3.49. The maximum absolute atomic E-state index is 12.4. The summed E-state index contributed by atoms with van der Waals surface area (Å²) < 4.78 is 27.5. The molecule has 20 heavy (non-hydrogen) atoms. The molecule has 2 rings (SSSR count). The summed E-state index contributed by atoms with van der Waals surface area (Å²) in [5.41, 5.74) is 2.02. The lowest BCUT2D eigenvalue weighted by atomic mass is 10.1. The molecule has 0 heterocycles. The number of rotatable bonds is 5. The Balaban J connectivity index is 2.24. The first-order valence-corrected chi connectivity index (χ1v) is 8.15. The van der Waals surface area contributed by atoms with Crippen molar-refractivity contribution < 1.29 is 8.42 Å². The molecule has 0 radical (unpaired) electrons. The summed E-state index contributed by atoms with van der Waals surface area (Å²) in [6.07, 6.45) is 0.703. The van der Waals surface area contributed by atoms with Crippen molar-refractivity contribution in [2.75, 3.05) is 0 Å². The predicted molar refractivity (Wildman–Crippen MR) is 81.0 cm³/mol. The van der Waals surface area contributed by atoms with Crippen LogP contribution in [0.4, 0.5) is 0 Å². The number of nitrogens with one attached hydrogen (secondary N) is 1. The minimum absolute atomic E-state index is 0.206. The van der Waals surface area contributed by atoms with E-state index in [1.165, 1.54) is 0 Å². The van der Waals surface area contributed by atoms with Crippen molar-refractivity contribution in [3.8, 4) is 0 Å². The average Bonchev–Trinajstić information content (AvgIpc) is 2.46. The Bertz CT molecular complexity index is 649. The molecule has 0 aliphatic carbocycles. The quantitative estimate of drug-likeness (QED) is 0.916. The summed E-state index contributed by atoms with van der Waals surface area (Å²) in [6.45, 7) is 3.90. The Morgan fingerprint density at radius 1 is 1.00 bits per heavy atom. The van der Waals surface area contributed by atoms with E-state index in [0.29, 0.717) is 11.3 Å². The van der Waals surface area contributed by atoms with E-state index in [1.807, 2.05) is 44.2 Å². The predicted octanol–water partition coefficient (Wildman–Crippen LogP) is 3.42. The lowest BCUT2D eigenvalue weighted by Crippen LogP contribution is -2.28. The van der Waals surface area contributed by atoms with Crippen LogP contribution in [0.5, 0.6) is 0 Å². The van der Waals surface area contributed by atoms with Crippen LogP contribution in [0.25, 0.3) is 0 Å². The smallest absolute Gasteiger partial charge is 0.207 e. The fraction of sp³-hybridized carbons (Fsp3) is 0.250. The second kappa shape index (κ2) is 6.20. The Labute approximate surface area is 120 Å². The molecule has 2 aromatic rings. The second-order valence-corrected chi connectivity index (χ2v) is 6.52. The van der Waals surface area contributed by atoms with Crippen LogP contribution in [0, 0.1) is 6.92 Å². The number of hydrogen-bond acceptors (Lipinski definition) is 2. The van der Waals surface area contributed by atoms with Crippen LogP contribution in [-0.2, 0) is 10.0 Å². The zero-order valence-corrected chi connectivity index (χ0v) is 12.5. The second-order valence-electron chi connectivity index (χ2n) is 4.81. The lowest BCUT2D eigenvalue weighted by molar-refractivity contribution is 0.550. The van der Waals surface area contributed by atoms with Gasteiger partial charge in [-0.05, 0) is 31.0 Å². The largest absolute Gasteiger partial charge is 0.241 e. The van der Waals surface area contributed by atoms with Gasteiger partial charge < -0.3 is 0 Å². The first-order valence-electron chi connectivity index (χ1n) is 6.67. The van der Waals surface area contributed by atoms with Gasteiger partial charge in [0.2, 0.25) is 10.0 Å². The third-order valence-corrected chi connectivity index (χ3v) is 4.73. The molecule has 1 N–H and O–H groups in total. The van der Waals surface area contributed by atoms with E-state index < -0.39 is 10.0 Å². The van der Waals surface area contributed by atoms with E-state index in [4.69, 9.17) is 0 Å². The Morgan fingerprint density at radius 2 is 1.60 bits per heavy atom. The van der Waals surface area contributed by atoms with Crippen LogP contribution in [0.2, 0.25) is 0 Å². The molecule has 0 fully saturated rings. The monoisotopic (exact) mass is 289 g/mol. The van der Waals surface area contributed by atoms with E-state index in [2.05, 4.69) is 4.72 Å². The molecule has 1 atom stereocenters. The Kier molecular flexibility index (Phi) is 4.57. The molecule has 0 bridgehead atoms. The van der Waals surface area contributed by atoms with E-state index >= 15 is 0 Å². The molecule has 0 aromatic heterocycles. The minimum Gasteiger partial charge on any atom is -0.207 e. The molecule has 0 aliphatic rings. The number of benzene rings is 2. The van der Waals surface area contributed by atoms with Crippen LogP contribution in [0.15, 0.2) is 59.5 Å². The highest BCUT2D eigenvalue weighted by Crippen LogP contribution is 2.20. The van der Waals surface area contributed by atoms with Crippen LogP contribution >= 0.6 is 0 Å². The first-order chi connectivity index (χ1) is 9.53. The molecule has 0 aliphatic heterocycles. The average molecular weight is 289 g/mol. The van der Waals surface area contributed by atoms with Crippen LogP contribution < -0.4 is 4.72 Å². The highest BCUT2D eigenvalue weighted by molar-refractivity contribution is 7.89. The van der Waals surface area contributed by atoms with Crippen LogP contribution in [0.3, 0.4) is 0 Å². The van der Waals surface area contributed by atoms with E-state index in [9.17, 15) is 8.42 Å². The third kappa shape index (κ3) is 3.46. The molecule has 2 aromatic carbocycles. The molecule has 0 amide bonds. The molecular weight excluding hydrogens is 270 g/mol. The van der Waals surface area contributed by atoms with E-state index in [-0.39, 0.29) is 6.04 Å². The van der Waals surface area contributed by atoms with Crippen LogP contribution in [-0.4, -0.2) is 8.42 Å². The van der Waals surface area contributed by atoms with Gasteiger partial charge in [0.1, 0.15) is 0 Å². The standard InChI is InChI=1S/C16H19NO2S/c1-3-16(14-7-5-4-6-8-14)17-20(18,19)15-11-9-13(2)10-12-15/h4-12,16-17H,3H2,1-2H3/t16-/m0/s1. The molecule has 3 nitrogen and oxygen atoms in total. The molecule has 4 heteroatoms. The van der Waals surface area contributed by atoms with E-state index in [1.54, 1.807) is 24.3 Å². The van der Waals surface area contributed by atoms with Gasteiger partial charge in [0, 0.05) is 6.04 Å². The summed E-state index contributed by atoms with van der Waals surface area (Å²) in [6, 6.07) is 16.3. The summed E-state index contributed by atoms with van der Waals surface area (Å²) in [5.74, 6) is 0. The molecule has 0 saturated heterocycles. The summed E-state index contributed by atoms with van der Waals surface area (Å²) in [4.78, 5) is 0.303. The van der Waals surface area contributed by atoms with Crippen molar-refractivity contribution in [1.82, 2.24) is 4.72 Å². The number of sulfonamides is 1. The van der Waals surface area contributed by atoms with Gasteiger partial charge in [0.25, 0.3) is 0 Å². The normalized spacial score (nSPS) is 13.1. The zero-order chi connectivity index (χ0) is 14.6.